The molecule has 148 valence electrons. The topological polar surface area (TPSA) is 68.3 Å². The second-order valence-electron chi connectivity index (χ2n) is 6.64. The first-order chi connectivity index (χ1) is 13.1. The number of sulfonamides is 1. The van der Waals surface area contributed by atoms with Gasteiger partial charge in [-0.25, -0.2) is 13.1 Å². The molecule has 0 amide bonds. The van der Waals surface area contributed by atoms with Crippen LogP contribution in [0.4, 0.5) is 0 Å². The minimum Gasteiger partial charge on any atom is -0.489 e. The number of aryl methyl sites for hydroxylation is 1. The Morgan fingerprint density at radius 2 is 1.85 bits per heavy atom. The number of rotatable bonds is 12. The van der Waals surface area contributed by atoms with Crippen molar-refractivity contribution in [3.05, 3.63) is 53.9 Å². The first kappa shape index (κ1) is 21.4. The number of aromatic nitrogens is 1. The molecule has 0 unspecified atom stereocenters. The van der Waals surface area contributed by atoms with Crippen LogP contribution in [-0.2, 0) is 23.1 Å². The zero-order valence-corrected chi connectivity index (χ0v) is 17.1. The Hall–Kier alpha value is -1.92. The molecule has 2 rings (SSSR count). The van der Waals surface area contributed by atoms with Gasteiger partial charge in [-0.05, 0) is 49.7 Å². The molecular weight excluding hydrogens is 360 g/mol. The molecule has 0 atom stereocenters. The summed E-state index contributed by atoms with van der Waals surface area (Å²) in [7, 11) is -2.04. The molecular formula is C21H30N2O3S. The van der Waals surface area contributed by atoms with E-state index in [1.807, 2.05) is 18.2 Å². The third-order valence-electron chi connectivity index (χ3n) is 4.52. The molecule has 0 aliphatic carbocycles. The number of pyridine rings is 1. The minimum absolute atomic E-state index is 0.340. The fourth-order valence-corrected chi connectivity index (χ4v) is 3.93. The number of benzene rings is 1. The van der Waals surface area contributed by atoms with Gasteiger partial charge in [0.15, 0.2) is 0 Å². The smallest absolute Gasteiger partial charge is 0.240 e. The summed E-state index contributed by atoms with van der Waals surface area (Å²) in [5, 5.41) is 0. The quantitative estimate of drug-likeness (QED) is 0.543. The summed E-state index contributed by atoms with van der Waals surface area (Å²) in [5.74, 6) is 0.676. The lowest BCUT2D eigenvalue weighted by molar-refractivity contribution is 0.305. The highest BCUT2D eigenvalue weighted by Gasteiger charge is 2.17. The van der Waals surface area contributed by atoms with Crippen LogP contribution in [0.25, 0.3) is 0 Å². The molecule has 0 spiro atoms. The first-order valence-electron chi connectivity index (χ1n) is 9.65. The maximum atomic E-state index is 12.3. The van der Waals surface area contributed by atoms with Gasteiger partial charge in [-0.3, -0.25) is 4.98 Å². The van der Waals surface area contributed by atoms with Crippen LogP contribution >= 0.6 is 0 Å². The predicted molar refractivity (Wildman–Crippen MR) is 108 cm³/mol. The second-order valence-corrected chi connectivity index (χ2v) is 8.50. The summed E-state index contributed by atoms with van der Waals surface area (Å²) < 4.78 is 32.9. The molecule has 0 saturated heterocycles. The fraction of sp³-hybridized carbons (Fsp3) is 0.476. The number of hydrogen-bond acceptors (Lipinski definition) is 4. The second kappa shape index (κ2) is 11.0. The van der Waals surface area contributed by atoms with E-state index in [9.17, 15) is 8.42 Å². The van der Waals surface area contributed by atoms with E-state index in [0.29, 0.717) is 17.3 Å². The van der Waals surface area contributed by atoms with E-state index in [0.717, 1.165) is 30.4 Å². The predicted octanol–water partition coefficient (Wildman–Crippen LogP) is 4.47. The van der Waals surface area contributed by atoms with E-state index in [-0.39, 0.29) is 0 Å². The monoisotopic (exact) mass is 390 g/mol. The third-order valence-corrected chi connectivity index (χ3v) is 6.03. The molecule has 0 radical (unpaired) electrons. The summed E-state index contributed by atoms with van der Waals surface area (Å²) in [5.41, 5.74) is 1.78. The van der Waals surface area contributed by atoms with Crippen molar-refractivity contribution in [3.63, 3.8) is 0 Å². The average molecular weight is 391 g/mol. The van der Waals surface area contributed by atoms with E-state index >= 15 is 0 Å². The molecule has 1 aromatic carbocycles. The van der Waals surface area contributed by atoms with Gasteiger partial charge in [0.25, 0.3) is 0 Å². The lowest BCUT2D eigenvalue weighted by Crippen LogP contribution is -2.20. The molecule has 2 aromatic rings. The number of nitrogens with one attached hydrogen (secondary N) is 1. The first-order valence-corrected chi connectivity index (χ1v) is 11.1. The molecule has 6 heteroatoms. The van der Waals surface area contributed by atoms with E-state index in [4.69, 9.17) is 4.74 Å². The lowest BCUT2D eigenvalue weighted by atomic mass is 10.0. The van der Waals surface area contributed by atoms with Crippen LogP contribution in [0.2, 0.25) is 0 Å². The van der Waals surface area contributed by atoms with E-state index in [1.165, 1.54) is 32.7 Å². The van der Waals surface area contributed by atoms with Crippen molar-refractivity contribution in [3.8, 4) is 5.75 Å². The van der Waals surface area contributed by atoms with Gasteiger partial charge in [-0.1, -0.05) is 45.1 Å². The van der Waals surface area contributed by atoms with Crippen molar-refractivity contribution in [1.29, 1.82) is 0 Å². The minimum atomic E-state index is -3.48. The summed E-state index contributed by atoms with van der Waals surface area (Å²) >= 11 is 0. The molecule has 0 saturated carbocycles. The molecule has 1 aromatic heterocycles. The molecule has 27 heavy (non-hydrogen) atoms. The molecule has 1 N–H and O–H groups in total. The zero-order valence-electron chi connectivity index (χ0n) is 16.3. The van der Waals surface area contributed by atoms with Gasteiger partial charge < -0.3 is 4.74 Å². The lowest BCUT2D eigenvalue weighted by Gasteiger charge is -2.13. The van der Waals surface area contributed by atoms with Gasteiger partial charge in [0, 0.05) is 18.0 Å². The van der Waals surface area contributed by atoms with Crippen LogP contribution in [-0.4, -0.2) is 20.4 Å². The largest absolute Gasteiger partial charge is 0.489 e. The van der Waals surface area contributed by atoms with Gasteiger partial charge in [-0.15, -0.1) is 0 Å². The van der Waals surface area contributed by atoms with Gasteiger partial charge >= 0.3 is 0 Å². The van der Waals surface area contributed by atoms with Crippen molar-refractivity contribution in [2.45, 2.75) is 63.4 Å². The van der Waals surface area contributed by atoms with Crippen LogP contribution in [0.3, 0.4) is 0 Å². The summed E-state index contributed by atoms with van der Waals surface area (Å²) in [6.45, 7) is 2.61. The average Bonchev–Trinajstić information content (AvgIpc) is 2.70. The normalized spacial score (nSPS) is 11.5. The Morgan fingerprint density at radius 3 is 2.56 bits per heavy atom. The SMILES string of the molecule is CCCCCCCCc1cc(OCc2cccnc2)ccc1S(=O)(=O)NC. The van der Waals surface area contributed by atoms with Crippen LogP contribution < -0.4 is 9.46 Å². The van der Waals surface area contributed by atoms with Crippen molar-refractivity contribution in [1.82, 2.24) is 9.71 Å². The van der Waals surface area contributed by atoms with Gasteiger partial charge in [0.2, 0.25) is 10.0 Å². The maximum absolute atomic E-state index is 12.3. The van der Waals surface area contributed by atoms with Crippen LogP contribution in [0, 0.1) is 0 Å². The zero-order chi connectivity index (χ0) is 19.5. The number of hydrogen-bond donors (Lipinski definition) is 1. The van der Waals surface area contributed by atoms with E-state index in [1.54, 1.807) is 24.5 Å². The van der Waals surface area contributed by atoms with Crippen molar-refractivity contribution < 1.29 is 13.2 Å². The Morgan fingerprint density at radius 1 is 1.07 bits per heavy atom. The van der Waals surface area contributed by atoms with E-state index in [2.05, 4.69) is 16.6 Å². The molecule has 0 fully saturated rings. The number of unbranched alkanes of at least 4 members (excludes halogenated alkanes) is 5. The highest BCUT2D eigenvalue weighted by Crippen LogP contribution is 2.24. The van der Waals surface area contributed by atoms with Crippen molar-refractivity contribution >= 4 is 10.0 Å². The summed E-state index contributed by atoms with van der Waals surface area (Å²) in [6.07, 6.45) is 11.2. The fourth-order valence-electron chi connectivity index (χ4n) is 2.96. The molecule has 0 aliphatic heterocycles. The Balaban J connectivity index is 2.06. The third kappa shape index (κ3) is 6.96. The molecule has 0 bridgehead atoms. The summed E-state index contributed by atoms with van der Waals surface area (Å²) in [4.78, 5) is 4.42. The maximum Gasteiger partial charge on any atom is 0.240 e. The highest BCUT2D eigenvalue weighted by atomic mass is 32.2. The number of nitrogens with zero attached hydrogens (tertiary/aromatic N) is 1. The van der Waals surface area contributed by atoms with Crippen molar-refractivity contribution in [2.24, 2.45) is 0 Å². The van der Waals surface area contributed by atoms with Gasteiger partial charge in [0.1, 0.15) is 12.4 Å². The molecule has 0 aliphatic rings. The highest BCUT2D eigenvalue weighted by molar-refractivity contribution is 7.89. The Labute approximate surface area is 163 Å². The standard InChI is InChI=1S/C21H30N2O3S/c1-3-4-5-6-7-8-11-19-15-20(12-13-21(19)27(24,25)22-2)26-17-18-10-9-14-23-16-18/h9-10,12-16,22H,3-8,11,17H2,1-2H3. The van der Waals surface area contributed by atoms with Crippen molar-refractivity contribution in [2.75, 3.05) is 7.05 Å². The van der Waals surface area contributed by atoms with Crippen LogP contribution in [0.1, 0.15) is 56.6 Å². The Bertz CT molecular complexity index is 792. The summed E-state index contributed by atoms with van der Waals surface area (Å²) in [6, 6.07) is 9.02. The van der Waals surface area contributed by atoms with Crippen LogP contribution in [0.5, 0.6) is 5.75 Å². The molecule has 5 nitrogen and oxygen atoms in total. The van der Waals surface area contributed by atoms with Crippen LogP contribution in [0.15, 0.2) is 47.6 Å². The number of ether oxygens (including phenoxy) is 1. The Kier molecular flexibility index (Phi) is 8.75. The van der Waals surface area contributed by atoms with Gasteiger partial charge in [0.05, 0.1) is 4.90 Å². The molecule has 1 heterocycles. The van der Waals surface area contributed by atoms with Gasteiger partial charge in [-0.2, -0.15) is 0 Å². The van der Waals surface area contributed by atoms with E-state index < -0.39 is 10.0 Å².